The number of rotatable bonds is 5. The van der Waals surface area contributed by atoms with Gasteiger partial charge >= 0.3 is 0 Å². The van der Waals surface area contributed by atoms with Crippen LogP contribution >= 0.6 is 0 Å². The fourth-order valence-corrected chi connectivity index (χ4v) is 3.59. The molecule has 2 aromatic heterocycles. The summed E-state index contributed by atoms with van der Waals surface area (Å²) in [5.74, 6) is 2.67. The largest absolute Gasteiger partial charge is 0.493 e. The van der Waals surface area contributed by atoms with E-state index in [2.05, 4.69) is 9.88 Å². The Bertz CT molecular complexity index is 1100. The van der Waals surface area contributed by atoms with E-state index in [1.54, 1.807) is 56.9 Å². The first kappa shape index (κ1) is 20.5. The summed E-state index contributed by atoms with van der Waals surface area (Å²) < 4.78 is 16.0. The van der Waals surface area contributed by atoms with Gasteiger partial charge < -0.3 is 29.4 Å². The van der Waals surface area contributed by atoms with E-state index in [0.29, 0.717) is 59.6 Å². The Morgan fingerprint density at radius 3 is 2.68 bits per heavy atom. The summed E-state index contributed by atoms with van der Waals surface area (Å²) in [5.41, 5.74) is 6.90. The summed E-state index contributed by atoms with van der Waals surface area (Å²) in [6.45, 7) is 2.56. The molecule has 1 fully saturated rings. The number of anilines is 2. The fraction of sp³-hybridized carbons (Fsp3) is 0.318. The van der Waals surface area contributed by atoms with Crippen LogP contribution in [-0.2, 0) is 4.79 Å². The van der Waals surface area contributed by atoms with Crippen molar-refractivity contribution in [1.82, 2.24) is 14.9 Å². The van der Waals surface area contributed by atoms with Crippen LogP contribution in [0.25, 0.3) is 17.0 Å². The number of carbonyl (C=O) groups is 1. The first-order chi connectivity index (χ1) is 15.1. The topological polar surface area (TPSA) is 107 Å². The van der Waals surface area contributed by atoms with E-state index in [9.17, 15) is 4.79 Å². The summed E-state index contributed by atoms with van der Waals surface area (Å²) >= 11 is 0. The number of ether oxygens (including phenoxy) is 2. The molecule has 162 valence electrons. The van der Waals surface area contributed by atoms with Gasteiger partial charge in [-0.3, -0.25) is 4.79 Å². The zero-order valence-corrected chi connectivity index (χ0v) is 17.6. The van der Waals surface area contributed by atoms with Gasteiger partial charge in [0, 0.05) is 43.7 Å². The van der Waals surface area contributed by atoms with Crippen LogP contribution in [-0.4, -0.2) is 61.2 Å². The predicted octanol–water partition coefficient (Wildman–Crippen LogP) is 2.57. The molecule has 1 saturated heterocycles. The lowest BCUT2D eigenvalue weighted by Crippen LogP contribution is -2.34. The van der Waals surface area contributed by atoms with Gasteiger partial charge in [-0.1, -0.05) is 0 Å². The van der Waals surface area contributed by atoms with Gasteiger partial charge in [0.05, 0.1) is 26.0 Å². The van der Waals surface area contributed by atoms with E-state index in [4.69, 9.17) is 24.6 Å². The molecular weight excluding hydrogens is 398 g/mol. The van der Waals surface area contributed by atoms with Crippen LogP contribution in [0.5, 0.6) is 11.5 Å². The number of nitrogen functional groups attached to an aromatic ring is 1. The lowest BCUT2D eigenvalue weighted by atomic mass is 10.2. The minimum Gasteiger partial charge on any atom is -0.493 e. The number of nitrogens with zero attached hydrogens (tertiary/aromatic N) is 4. The smallest absolute Gasteiger partial charge is 0.246 e. The van der Waals surface area contributed by atoms with Crippen molar-refractivity contribution in [3.05, 3.63) is 42.4 Å². The standard InChI is InChI=1S/C22H25N5O4/c1-29-18-13-16-17(14-19(18)30-2)24-22(25-21(16)23)27-9-4-8-26(10-11-27)20(28)7-6-15-5-3-12-31-15/h3,5-7,12-14H,4,8-11H2,1-2H3,(H2,23,24,25)/b7-6+. The number of furan rings is 1. The lowest BCUT2D eigenvalue weighted by molar-refractivity contribution is -0.125. The lowest BCUT2D eigenvalue weighted by Gasteiger charge is -2.22. The van der Waals surface area contributed by atoms with E-state index in [1.807, 2.05) is 4.90 Å². The number of aromatic nitrogens is 2. The predicted molar refractivity (Wildman–Crippen MR) is 118 cm³/mol. The van der Waals surface area contributed by atoms with Crippen molar-refractivity contribution in [3.63, 3.8) is 0 Å². The summed E-state index contributed by atoms with van der Waals surface area (Å²) in [5, 5.41) is 0.705. The third kappa shape index (κ3) is 4.40. The monoisotopic (exact) mass is 423 g/mol. The molecule has 0 radical (unpaired) electrons. The van der Waals surface area contributed by atoms with Crippen LogP contribution in [0, 0.1) is 0 Å². The molecule has 31 heavy (non-hydrogen) atoms. The van der Waals surface area contributed by atoms with E-state index in [0.717, 1.165) is 13.0 Å². The van der Waals surface area contributed by atoms with Crippen LogP contribution in [0.3, 0.4) is 0 Å². The first-order valence-corrected chi connectivity index (χ1v) is 10.0. The second-order valence-electron chi connectivity index (χ2n) is 7.15. The molecule has 2 N–H and O–H groups in total. The van der Waals surface area contributed by atoms with Crippen molar-refractivity contribution < 1.29 is 18.7 Å². The van der Waals surface area contributed by atoms with Crippen LogP contribution in [0.4, 0.5) is 11.8 Å². The summed E-state index contributed by atoms with van der Waals surface area (Å²) in [4.78, 5) is 25.6. The maximum Gasteiger partial charge on any atom is 0.246 e. The minimum absolute atomic E-state index is 0.0472. The molecule has 1 aliphatic rings. The van der Waals surface area contributed by atoms with Crippen molar-refractivity contribution in [1.29, 1.82) is 0 Å². The highest BCUT2D eigenvalue weighted by Gasteiger charge is 2.21. The number of nitrogens with two attached hydrogens (primary N) is 1. The van der Waals surface area contributed by atoms with Crippen LogP contribution in [0.15, 0.2) is 41.0 Å². The SMILES string of the molecule is COc1cc2nc(N3CCCN(C(=O)/C=C/c4ccco4)CC3)nc(N)c2cc1OC. The highest BCUT2D eigenvalue weighted by molar-refractivity contribution is 5.92. The fourth-order valence-electron chi connectivity index (χ4n) is 3.59. The second kappa shape index (κ2) is 8.95. The maximum atomic E-state index is 12.6. The molecule has 1 aliphatic heterocycles. The Morgan fingerprint density at radius 1 is 1.13 bits per heavy atom. The molecular formula is C22H25N5O4. The first-order valence-electron chi connectivity index (χ1n) is 10.0. The van der Waals surface area contributed by atoms with Crippen molar-refractivity contribution in [2.45, 2.75) is 6.42 Å². The Morgan fingerprint density at radius 2 is 1.94 bits per heavy atom. The third-order valence-electron chi connectivity index (χ3n) is 5.24. The van der Waals surface area contributed by atoms with Crippen molar-refractivity contribution in [2.24, 2.45) is 0 Å². The van der Waals surface area contributed by atoms with Crippen molar-refractivity contribution in [2.75, 3.05) is 51.0 Å². The number of methoxy groups -OCH3 is 2. The molecule has 0 saturated carbocycles. The van der Waals surface area contributed by atoms with Crippen molar-refractivity contribution >= 4 is 34.7 Å². The van der Waals surface area contributed by atoms with E-state index < -0.39 is 0 Å². The molecule has 0 aliphatic carbocycles. The zero-order valence-electron chi connectivity index (χ0n) is 17.6. The Balaban J connectivity index is 1.51. The molecule has 3 aromatic rings. The molecule has 9 heteroatoms. The number of hydrogen-bond acceptors (Lipinski definition) is 8. The molecule has 0 bridgehead atoms. The summed E-state index contributed by atoms with van der Waals surface area (Å²) in [7, 11) is 3.15. The van der Waals surface area contributed by atoms with Crippen LogP contribution < -0.4 is 20.1 Å². The number of fused-ring (bicyclic) bond motifs is 1. The van der Waals surface area contributed by atoms with E-state index >= 15 is 0 Å². The van der Waals surface area contributed by atoms with Crippen LogP contribution in [0.1, 0.15) is 12.2 Å². The van der Waals surface area contributed by atoms with Gasteiger partial charge in [-0.25, -0.2) is 4.98 Å². The molecule has 1 aromatic carbocycles. The van der Waals surface area contributed by atoms with Gasteiger partial charge in [0.1, 0.15) is 11.6 Å². The molecule has 9 nitrogen and oxygen atoms in total. The highest BCUT2D eigenvalue weighted by Crippen LogP contribution is 2.34. The second-order valence-corrected chi connectivity index (χ2v) is 7.15. The minimum atomic E-state index is -0.0472. The average Bonchev–Trinajstić information content (AvgIpc) is 3.18. The molecule has 3 heterocycles. The summed E-state index contributed by atoms with van der Waals surface area (Å²) in [6, 6.07) is 7.17. The molecule has 0 spiro atoms. The van der Waals surface area contributed by atoms with Crippen molar-refractivity contribution in [3.8, 4) is 11.5 Å². The number of amides is 1. The number of hydrogen-bond donors (Lipinski definition) is 1. The molecule has 0 unspecified atom stereocenters. The number of benzene rings is 1. The van der Waals surface area contributed by atoms with Gasteiger partial charge in [-0.05, 0) is 30.7 Å². The zero-order chi connectivity index (χ0) is 21.8. The van der Waals surface area contributed by atoms with Crippen LogP contribution in [0.2, 0.25) is 0 Å². The summed E-state index contributed by atoms with van der Waals surface area (Å²) in [6.07, 6.45) is 5.60. The Kier molecular flexibility index (Phi) is 5.92. The molecule has 0 atom stereocenters. The quantitative estimate of drug-likeness (QED) is 0.624. The van der Waals surface area contributed by atoms with E-state index in [1.165, 1.54) is 0 Å². The van der Waals surface area contributed by atoms with E-state index in [-0.39, 0.29) is 5.91 Å². The van der Waals surface area contributed by atoms with Gasteiger partial charge in [-0.15, -0.1) is 0 Å². The normalized spacial score (nSPS) is 14.8. The highest BCUT2D eigenvalue weighted by atomic mass is 16.5. The Labute approximate surface area is 180 Å². The van der Waals surface area contributed by atoms with Gasteiger partial charge in [-0.2, -0.15) is 4.98 Å². The molecule has 1 amide bonds. The Hall–Kier alpha value is -3.75. The third-order valence-corrected chi connectivity index (χ3v) is 5.24. The average molecular weight is 423 g/mol. The molecule has 4 rings (SSSR count). The van der Waals surface area contributed by atoms with Gasteiger partial charge in [0.15, 0.2) is 11.5 Å². The maximum absolute atomic E-state index is 12.6. The van der Waals surface area contributed by atoms with Gasteiger partial charge in [0.2, 0.25) is 11.9 Å². The number of carbonyl (C=O) groups excluding carboxylic acids is 1. The van der Waals surface area contributed by atoms with Gasteiger partial charge in [0.25, 0.3) is 0 Å².